The molecule has 15 heavy (non-hydrogen) atoms. The molecule has 0 aromatic carbocycles. The Morgan fingerprint density at radius 1 is 1.27 bits per heavy atom. The lowest BCUT2D eigenvalue weighted by Gasteiger charge is -2.33. The van der Waals surface area contributed by atoms with Crippen LogP contribution in [0.2, 0.25) is 0 Å². The van der Waals surface area contributed by atoms with Gasteiger partial charge in [-0.1, -0.05) is 6.92 Å². The maximum atomic E-state index is 5.39. The largest absolute Gasteiger partial charge is 0.381 e. The van der Waals surface area contributed by atoms with E-state index >= 15 is 0 Å². The second-order valence-corrected chi connectivity index (χ2v) is 5.13. The van der Waals surface area contributed by atoms with E-state index in [2.05, 4.69) is 17.1 Å². The van der Waals surface area contributed by atoms with Gasteiger partial charge in [0, 0.05) is 26.7 Å². The molecule has 2 aliphatic heterocycles. The average molecular weight is 212 g/mol. The number of methoxy groups -OCH3 is 1. The van der Waals surface area contributed by atoms with Crippen LogP contribution in [0.1, 0.15) is 19.8 Å². The summed E-state index contributed by atoms with van der Waals surface area (Å²) in [6, 6.07) is 0. The third kappa shape index (κ3) is 2.92. The molecule has 0 amide bonds. The van der Waals surface area contributed by atoms with Gasteiger partial charge >= 0.3 is 0 Å². The minimum Gasteiger partial charge on any atom is -0.381 e. The predicted molar refractivity (Wildman–Crippen MR) is 62.0 cm³/mol. The van der Waals surface area contributed by atoms with Gasteiger partial charge in [0.05, 0.1) is 6.10 Å². The highest BCUT2D eigenvalue weighted by Gasteiger charge is 2.27. The smallest absolute Gasteiger partial charge is 0.0595 e. The van der Waals surface area contributed by atoms with Crippen LogP contribution in [0.15, 0.2) is 0 Å². The summed E-state index contributed by atoms with van der Waals surface area (Å²) in [5.74, 6) is 1.72. The van der Waals surface area contributed by atoms with E-state index in [-0.39, 0.29) is 0 Å². The lowest BCUT2D eigenvalue weighted by molar-refractivity contribution is 0.0358. The van der Waals surface area contributed by atoms with Crippen LogP contribution >= 0.6 is 0 Å². The summed E-state index contributed by atoms with van der Waals surface area (Å²) >= 11 is 0. The zero-order chi connectivity index (χ0) is 10.7. The van der Waals surface area contributed by atoms with Crippen LogP contribution in [-0.4, -0.2) is 50.8 Å². The maximum absolute atomic E-state index is 5.39. The molecule has 0 radical (unpaired) electrons. The molecular formula is C12H24N2O. The van der Waals surface area contributed by atoms with E-state index in [9.17, 15) is 0 Å². The zero-order valence-electron chi connectivity index (χ0n) is 10.0. The first-order chi connectivity index (χ1) is 7.29. The van der Waals surface area contributed by atoms with Crippen LogP contribution in [0, 0.1) is 11.8 Å². The molecular weight excluding hydrogens is 188 g/mol. The first-order valence-corrected chi connectivity index (χ1v) is 6.25. The Labute approximate surface area is 93.2 Å². The van der Waals surface area contributed by atoms with Crippen molar-refractivity contribution >= 4 is 0 Å². The Morgan fingerprint density at radius 2 is 2.00 bits per heavy atom. The van der Waals surface area contributed by atoms with Gasteiger partial charge in [-0.05, 0) is 37.8 Å². The predicted octanol–water partition coefficient (Wildman–Crippen LogP) is 0.953. The fourth-order valence-electron chi connectivity index (χ4n) is 2.77. The van der Waals surface area contributed by atoms with Crippen molar-refractivity contribution in [1.82, 2.24) is 10.2 Å². The molecule has 2 saturated heterocycles. The standard InChI is InChI=1S/C12H24N2O/c1-10-7-13-8-11(10)9-14-5-3-12(15-2)4-6-14/h10-13H,3-9H2,1-2H3/t10-,11+/m1/s1. The highest BCUT2D eigenvalue weighted by atomic mass is 16.5. The number of likely N-dealkylation sites (tertiary alicyclic amines) is 1. The van der Waals surface area contributed by atoms with E-state index < -0.39 is 0 Å². The molecule has 0 spiro atoms. The van der Waals surface area contributed by atoms with Gasteiger partial charge < -0.3 is 15.0 Å². The highest BCUT2D eigenvalue weighted by molar-refractivity contribution is 4.82. The first-order valence-electron chi connectivity index (χ1n) is 6.25. The summed E-state index contributed by atoms with van der Waals surface area (Å²) in [6.45, 7) is 8.52. The van der Waals surface area contributed by atoms with Crippen molar-refractivity contribution in [3.8, 4) is 0 Å². The Hall–Kier alpha value is -0.120. The summed E-state index contributed by atoms with van der Waals surface area (Å²) in [6.07, 6.45) is 2.94. The van der Waals surface area contributed by atoms with Gasteiger partial charge in [-0.2, -0.15) is 0 Å². The summed E-state index contributed by atoms with van der Waals surface area (Å²) in [5, 5.41) is 3.48. The highest BCUT2D eigenvalue weighted by Crippen LogP contribution is 2.20. The van der Waals surface area contributed by atoms with Crippen LogP contribution in [0.5, 0.6) is 0 Å². The Kier molecular flexibility index (Phi) is 4.00. The van der Waals surface area contributed by atoms with E-state index in [4.69, 9.17) is 4.74 Å². The third-order valence-corrected chi connectivity index (χ3v) is 4.04. The van der Waals surface area contributed by atoms with Gasteiger partial charge in [-0.3, -0.25) is 0 Å². The van der Waals surface area contributed by atoms with Crippen LogP contribution in [-0.2, 0) is 4.74 Å². The normalized spacial score (nSPS) is 34.8. The van der Waals surface area contributed by atoms with Crippen LogP contribution in [0.4, 0.5) is 0 Å². The average Bonchev–Trinajstić information content (AvgIpc) is 2.66. The van der Waals surface area contributed by atoms with Gasteiger partial charge in [-0.25, -0.2) is 0 Å². The minimum absolute atomic E-state index is 0.514. The second kappa shape index (κ2) is 5.28. The third-order valence-electron chi connectivity index (χ3n) is 4.04. The molecule has 3 heteroatoms. The maximum Gasteiger partial charge on any atom is 0.0595 e. The number of hydrogen-bond acceptors (Lipinski definition) is 3. The number of hydrogen-bond donors (Lipinski definition) is 1. The Morgan fingerprint density at radius 3 is 2.53 bits per heavy atom. The summed E-state index contributed by atoms with van der Waals surface area (Å²) in [5.41, 5.74) is 0. The SMILES string of the molecule is COC1CCN(C[C@@H]2CNC[C@H]2C)CC1. The molecule has 2 heterocycles. The molecule has 0 unspecified atom stereocenters. The zero-order valence-corrected chi connectivity index (χ0v) is 10.0. The Bertz CT molecular complexity index is 190. The van der Waals surface area contributed by atoms with Crippen molar-refractivity contribution in [2.24, 2.45) is 11.8 Å². The molecule has 0 bridgehead atoms. The van der Waals surface area contributed by atoms with E-state index in [1.807, 2.05) is 7.11 Å². The molecule has 0 aliphatic carbocycles. The quantitative estimate of drug-likeness (QED) is 0.754. The molecule has 2 rings (SSSR count). The fourth-order valence-corrected chi connectivity index (χ4v) is 2.77. The second-order valence-electron chi connectivity index (χ2n) is 5.13. The van der Waals surface area contributed by atoms with Gasteiger partial charge in [0.15, 0.2) is 0 Å². The molecule has 3 nitrogen and oxygen atoms in total. The van der Waals surface area contributed by atoms with E-state index in [0.717, 1.165) is 11.8 Å². The lowest BCUT2D eigenvalue weighted by Crippen LogP contribution is -2.40. The van der Waals surface area contributed by atoms with Crippen LogP contribution < -0.4 is 5.32 Å². The van der Waals surface area contributed by atoms with Crippen LogP contribution in [0.25, 0.3) is 0 Å². The van der Waals surface area contributed by atoms with E-state index in [1.165, 1.54) is 45.6 Å². The molecule has 2 aliphatic rings. The van der Waals surface area contributed by atoms with Crippen LogP contribution in [0.3, 0.4) is 0 Å². The molecule has 1 N–H and O–H groups in total. The molecule has 0 aromatic heterocycles. The number of rotatable bonds is 3. The van der Waals surface area contributed by atoms with Crippen molar-refractivity contribution in [3.05, 3.63) is 0 Å². The van der Waals surface area contributed by atoms with Crippen molar-refractivity contribution < 1.29 is 4.74 Å². The van der Waals surface area contributed by atoms with Crippen molar-refractivity contribution in [3.63, 3.8) is 0 Å². The number of ether oxygens (including phenoxy) is 1. The van der Waals surface area contributed by atoms with Crippen molar-refractivity contribution in [2.45, 2.75) is 25.9 Å². The number of piperidine rings is 1. The summed E-state index contributed by atoms with van der Waals surface area (Å²) in [7, 11) is 1.84. The van der Waals surface area contributed by atoms with E-state index in [0.29, 0.717) is 6.10 Å². The van der Waals surface area contributed by atoms with Gasteiger partial charge in [-0.15, -0.1) is 0 Å². The lowest BCUT2D eigenvalue weighted by atomic mass is 9.96. The summed E-state index contributed by atoms with van der Waals surface area (Å²) in [4.78, 5) is 2.61. The van der Waals surface area contributed by atoms with Gasteiger partial charge in [0.25, 0.3) is 0 Å². The molecule has 0 aromatic rings. The number of nitrogens with zero attached hydrogens (tertiary/aromatic N) is 1. The fraction of sp³-hybridized carbons (Fsp3) is 1.00. The molecule has 88 valence electrons. The van der Waals surface area contributed by atoms with Gasteiger partial charge in [0.1, 0.15) is 0 Å². The number of nitrogens with one attached hydrogen (secondary N) is 1. The van der Waals surface area contributed by atoms with Crippen molar-refractivity contribution in [2.75, 3.05) is 39.8 Å². The molecule has 2 fully saturated rings. The first kappa shape index (κ1) is 11.4. The molecule has 2 atom stereocenters. The Balaban J connectivity index is 1.72. The minimum atomic E-state index is 0.514. The topological polar surface area (TPSA) is 24.5 Å². The van der Waals surface area contributed by atoms with E-state index in [1.54, 1.807) is 0 Å². The van der Waals surface area contributed by atoms with Crippen molar-refractivity contribution in [1.29, 1.82) is 0 Å². The van der Waals surface area contributed by atoms with Gasteiger partial charge in [0.2, 0.25) is 0 Å². The monoisotopic (exact) mass is 212 g/mol. The molecule has 0 saturated carbocycles. The summed E-state index contributed by atoms with van der Waals surface area (Å²) < 4.78 is 5.39.